The maximum atomic E-state index is 14.0. The largest absolute Gasteiger partial charge is 0.748 e. The minimum Gasteiger partial charge on any atom is -0.748 e. The van der Waals surface area contributed by atoms with Crippen molar-refractivity contribution in [2.45, 2.75) is 77.6 Å². The number of rotatable bonds is 26. The van der Waals surface area contributed by atoms with Crippen LogP contribution in [-0.2, 0) is 56.1 Å². The van der Waals surface area contributed by atoms with E-state index in [9.17, 15) is 81.0 Å². The second kappa shape index (κ2) is 23.5. The average Bonchev–Trinajstić information content (AvgIpc) is 3.58. The molecular formula is C44H60N6O18S4. The van der Waals surface area contributed by atoms with Crippen molar-refractivity contribution in [1.29, 1.82) is 0 Å². The number of unbranched alkanes of at least 4 members (excludes halogenated alkanes) is 2. The lowest BCUT2D eigenvalue weighted by molar-refractivity contribution is -0.437. The third kappa shape index (κ3) is 15.9. The number of anilines is 1. The summed E-state index contributed by atoms with van der Waals surface area (Å²) in [6.07, 6.45) is 5.71. The molecule has 28 heteroatoms. The molecule has 4 amide bonds. The number of hydrogen-bond acceptors (Lipinski definition) is 15. The molecule has 2 aromatic rings. The first-order valence-corrected chi connectivity index (χ1v) is 28.9. The van der Waals surface area contributed by atoms with Gasteiger partial charge in [0.05, 0.1) is 43.9 Å². The molecule has 0 unspecified atom stereocenters. The number of nitrogens with one attached hydrogen (secondary N) is 4. The van der Waals surface area contributed by atoms with Gasteiger partial charge in [0.25, 0.3) is 54.0 Å². The summed E-state index contributed by atoms with van der Waals surface area (Å²) < 4.78 is 134. The molecule has 2 heterocycles. The van der Waals surface area contributed by atoms with E-state index < -0.39 is 124 Å². The first-order valence-electron chi connectivity index (χ1n) is 22.5. The van der Waals surface area contributed by atoms with Gasteiger partial charge in [0.1, 0.15) is 6.54 Å². The lowest BCUT2D eigenvalue weighted by Gasteiger charge is -2.27. The fourth-order valence-electron chi connectivity index (χ4n) is 8.67. The van der Waals surface area contributed by atoms with Crippen LogP contribution in [0.1, 0.15) is 119 Å². The second-order valence-electron chi connectivity index (χ2n) is 18.0. The summed E-state index contributed by atoms with van der Waals surface area (Å²) in [4.78, 5) is 68.0. The zero-order chi connectivity index (χ0) is 54.2. The molecular weight excluding hydrogens is 1030 g/mol. The number of aliphatic carboxylic acids is 1. The molecule has 0 aromatic heterocycles. The summed E-state index contributed by atoms with van der Waals surface area (Å²) in [5, 5.41) is 19.2. The quantitative estimate of drug-likeness (QED) is 0.0376. The molecule has 2 aliphatic heterocycles. The molecule has 0 aliphatic carbocycles. The van der Waals surface area contributed by atoms with Gasteiger partial charge in [-0.3, -0.25) is 37.6 Å². The summed E-state index contributed by atoms with van der Waals surface area (Å²) in [6.45, 7) is 7.33. The van der Waals surface area contributed by atoms with Crippen molar-refractivity contribution in [3.63, 3.8) is 0 Å². The maximum Gasteiger partial charge on any atom is 0.303 e. The molecule has 0 saturated carbocycles. The van der Waals surface area contributed by atoms with Crippen LogP contribution in [0.25, 0.3) is 0 Å². The van der Waals surface area contributed by atoms with Crippen molar-refractivity contribution in [3.8, 4) is 0 Å². The lowest BCUT2D eigenvalue weighted by atomic mass is 9.78. The van der Waals surface area contributed by atoms with Crippen molar-refractivity contribution in [2.24, 2.45) is 0 Å². The predicted molar refractivity (Wildman–Crippen MR) is 263 cm³/mol. The van der Waals surface area contributed by atoms with Crippen LogP contribution in [0.15, 0.2) is 48.2 Å². The number of nitrogens with zero attached hydrogens (tertiary/aromatic N) is 2. The number of carbonyl (C=O) groups is 5. The number of carbonyl (C=O) groups excluding carboxylic acids is 4. The summed E-state index contributed by atoms with van der Waals surface area (Å²) >= 11 is 0. The van der Waals surface area contributed by atoms with Gasteiger partial charge in [-0.15, -0.1) is 0 Å². The van der Waals surface area contributed by atoms with E-state index in [1.807, 2.05) is 0 Å². The maximum absolute atomic E-state index is 14.0. The minimum atomic E-state index is -4.71. The SMILES string of the molecule is CCNC(=O)c1cc(C(=O)NCCS(=O)(=O)O)c2c(c1)[N+](CCCS(=O)(=O)[O-])=C(/C=C/C=C1/N(CCCCCC(=O)O)c3cc(C(=O)NCCS(=O)(=O)O)cc(C(=O)NCCS(=O)(=O)O)c3C1(C)C)C2(C)C. The molecule has 0 spiro atoms. The molecule has 0 radical (unpaired) electrons. The van der Waals surface area contributed by atoms with Gasteiger partial charge in [-0.2, -0.15) is 29.8 Å². The molecule has 8 N–H and O–H groups in total. The van der Waals surface area contributed by atoms with Gasteiger partial charge in [-0.05, 0) is 57.9 Å². The summed E-state index contributed by atoms with van der Waals surface area (Å²) in [6, 6.07) is 5.47. The third-order valence-electron chi connectivity index (χ3n) is 11.8. The molecule has 0 bridgehead atoms. The van der Waals surface area contributed by atoms with E-state index in [2.05, 4.69) is 21.3 Å². The minimum absolute atomic E-state index is 0.00824. The molecule has 398 valence electrons. The van der Waals surface area contributed by atoms with Crippen LogP contribution in [-0.4, -0.2) is 159 Å². The summed E-state index contributed by atoms with van der Waals surface area (Å²) in [5.74, 6) is -7.39. The molecule has 0 fully saturated rings. The fraction of sp³-hybridized carbons (Fsp3) is 0.500. The van der Waals surface area contributed by atoms with Crippen molar-refractivity contribution < 1.29 is 85.5 Å². The Kier molecular flexibility index (Phi) is 19.2. The Morgan fingerprint density at radius 2 is 1.15 bits per heavy atom. The highest BCUT2D eigenvalue weighted by molar-refractivity contribution is 7.86. The highest BCUT2D eigenvalue weighted by atomic mass is 32.2. The number of benzene rings is 2. The monoisotopic (exact) mass is 1090 g/mol. The average molecular weight is 1090 g/mol. The van der Waals surface area contributed by atoms with Gasteiger partial charge < -0.3 is 35.8 Å². The van der Waals surface area contributed by atoms with E-state index in [4.69, 9.17) is 0 Å². The summed E-state index contributed by atoms with van der Waals surface area (Å²) in [7, 11) is -18.2. The lowest BCUT2D eigenvalue weighted by Crippen LogP contribution is -2.33. The Labute approximate surface area is 418 Å². The van der Waals surface area contributed by atoms with Crippen LogP contribution in [0.4, 0.5) is 11.4 Å². The van der Waals surface area contributed by atoms with Crippen LogP contribution in [0.5, 0.6) is 0 Å². The highest BCUT2D eigenvalue weighted by Crippen LogP contribution is 2.50. The molecule has 24 nitrogen and oxygen atoms in total. The van der Waals surface area contributed by atoms with Crippen LogP contribution in [0.3, 0.4) is 0 Å². The number of hydrogen-bond donors (Lipinski definition) is 8. The first kappa shape index (κ1) is 58.9. The van der Waals surface area contributed by atoms with Gasteiger partial charge in [-0.25, -0.2) is 8.42 Å². The molecule has 0 atom stereocenters. The number of carboxylic acids is 1. The Hall–Kier alpha value is -5.62. The Morgan fingerprint density at radius 3 is 1.65 bits per heavy atom. The van der Waals surface area contributed by atoms with Crippen LogP contribution >= 0.6 is 0 Å². The van der Waals surface area contributed by atoms with E-state index in [0.29, 0.717) is 47.5 Å². The zero-order valence-electron chi connectivity index (χ0n) is 40.2. The zero-order valence-corrected chi connectivity index (χ0v) is 43.4. The highest BCUT2D eigenvalue weighted by Gasteiger charge is 2.48. The second-order valence-corrected chi connectivity index (χ2v) is 24.2. The number of amides is 4. The topological polar surface area (TPSA) is 380 Å². The number of carboxylic acid groups (broad SMARTS) is 1. The normalized spacial score (nSPS) is 15.9. The van der Waals surface area contributed by atoms with E-state index in [1.165, 1.54) is 24.3 Å². The van der Waals surface area contributed by atoms with Gasteiger partial charge in [0.15, 0.2) is 5.71 Å². The summed E-state index contributed by atoms with van der Waals surface area (Å²) in [5.41, 5.74) is -0.425. The van der Waals surface area contributed by atoms with Gasteiger partial charge >= 0.3 is 5.97 Å². The number of fused-ring (bicyclic) bond motifs is 2. The van der Waals surface area contributed by atoms with Gasteiger partial charge in [0.2, 0.25) is 5.69 Å². The van der Waals surface area contributed by atoms with E-state index in [0.717, 1.165) is 0 Å². The molecule has 0 saturated heterocycles. The molecule has 2 aromatic carbocycles. The van der Waals surface area contributed by atoms with E-state index in [-0.39, 0.29) is 60.4 Å². The van der Waals surface area contributed by atoms with Crippen molar-refractivity contribution in [1.82, 2.24) is 21.3 Å². The molecule has 4 rings (SSSR count). The van der Waals surface area contributed by atoms with Crippen LogP contribution in [0.2, 0.25) is 0 Å². The Bertz CT molecular complexity index is 3040. The van der Waals surface area contributed by atoms with Crippen molar-refractivity contribution in [2.75, 3.05) is 67.2 Å². The third-order valence-corrected chi connectivity index (χ3v) is 14.7. The van der Waals surface area contributed by atoms with Crippen LogP contribution < -0.4 is 26.2 Å². The first-order chi connectivity index (χ1) is 33.2. The fourth-order valence-corrected chi connectivity index (χ4v) is 10.2. The predicted octanol–water partition coefficient (Wildman–Crippen LogP) is 1.48. The number of allylic oxidation sites excluding steroid dienone is 4. The smallest absolute Gasteiger partial charge is 0.303 e. The molecule has 72 heavy (non-hydrogen) atoms. The van der Waals surface area contributed by atoms with E-state index in [1.54, 1.807) is 62.3 Å². The standard InChI is InChI=1S/C44H60N6O18S4/c1-6-45-39(53)28-24-30(41(55)47-16-22-71(63,64)65)38-33(26-28)50(19-11-20-69(57,58)59)35(44(38,4)5)13-10-12-34-43(2,3)37-31(42(56)48-17-23-72(66,67)68)25-29(40(54)46-15-21-70(60,61)62)27-32(37)49(34)18-9-7-8-14-36(51)52/h10,12-13,24-27H,6-9,11,14-23H2,1-5H3,(H8-,45,46,47,48,51,52,53,54,55,56,57,58,59,60,61,62,63,64,65,66,67,68). The van der Waals surface area contributed by atoms with Gasteiger partial charge in [0, 0.05) is 103 Å². The van der Waals surface area contributed by atoms with Crippen LogP contribution in [0, 0.1) is 0 Å². The van der Waals surface area contributed by atoms with E-state index >= 15 is 0 Å². The van der Waals surface area contributed by atoms with Crippen molar-refractivity contribution in [3.05, 3.63) is 81.6 Å². The van der Waals surface area contributed by atoms with Gasteiger partial charge in [-0.1, -0.05) is 26.3 Å². The van der Waals surface area contributed by atoms with Crippen molar-refractivity contribution >= 4 is 87.2 Å². The molecule has 2 aliphatic rings. The Morgan fingerprint density at radius 1 is 0.653 bits per heavy atom. The Balaban J connectivity index is 1.98.